The summed E-state index contributed by atoms with van der Waals surface area (Å²) in [6, 6.07) is 0. The van der Waals surface area contributed by atoms with Gasteiger partial charge in [-0.1, -0.05) is 0 Å². The molecule has 0 aliphatic carbocycles. The molecule has 3 heterocycles. The largest absolute Gasteiger partial charge is 0.463 e. The van der Waals surface area contributed by atoms with Crippen molar-refractivity contribution in [1.82, 2.24) is 14.5 Å². The average Bonchev–Trinajstić information content (AvgIpc) is 3.19. The summed E-state index contributed by atoms with van der Waals surface area (Å²) in [5.74, 6) is -1.78. The van der Waals surface area contributed by atoms with Crippen LogP contribution in [0.25, 0.3) is 15.9 Å². The van der Waals surface area contributed by atoms with Gasteiger partial charge in [0.2, 0.25) is 5.69 Å². The highest BCUT2D eigenvalue weighted by Crippen LogP contribution is 2.39. The highest BCUT2D eigenvalue weighted by Gasteiger charge is 2.51. The quantitative estimate of drug-likeness (QED) is 0.406. The molecule has 0 aromatic carbocycles. The van der Waals surface area contributed by atoms with Crippen molar-refractivity contribution >= 4 is 34.6 Å². The van der Waals surface area contributed by atoms with E-state index in [0.717, 1.165) is 0 Å². The molecule has 11 nitrogen and oxygen atoms in total. The number of hydrogen-bond acceptors (Lipinski definition) is 9. The van der Waals surface area contributed by atoms with E-state index in [-0.39, 0.29) is 6.61 Å². The number of nitrogens with zero attached hydrogens (tertiary/aromatic N) is 4. The molecule has 11 heteroatoms. The molecule has 30 heavy (non-hydrogen) atoms. The zero-order valence-electron chi connectivity index (χ0n) is 16.8. The number of rotatable bonds is 5. The lowest BCUT2D eigenvalue weighted by molar-refractivity contribution is -0.166. The van der Waals surface area contributed by atoms with Gasteiger partial charge < -0.3 is 23.5 Å². The predicted molar refractivity (Wildman–Crippen MR) is 100 cm³/mol. The Labute approximate surface area is 171 Å². The number of fused-ring (bicyclic) bond motifs is 1. The Morgan fingerprint density at radius 3 is 2.40 bits per heavy atom. The lowest BCUT2D eigenvalue weighted by Gasteiger charge is -2.24. The van der Waals surface area contributed by atoms with Crippen molar-refractivity contribution in [3.8, 4) is 0 Å². The van der Waals surface area contributed by atoms with Crippen LogP contribution in [0.4, 0.5) is 5.69 Å². The summed E-state index contributed by atoms with van der Waals surface area (Å²) in [5.41, 5.74) is 1.28. The second-order valence-corrected chi connectivity index (χ2v) is 6.71. The number of esters is 3. The van der Waals surface area contributed by atoms with E-state index in [1.54, 1.807) is 6.92 Å². The van der Waals surface area contributed by atoms with Crippen LogP contribution in [0, 0.1) is 13.5 Å². The van der Waals surface area contributed by atoms with Gasteiger partial charge >= 0.3 is 17.9 Å². The van der Waals surface area contributed by atoms with E-state index in [9.17, 15) is 14.4 Å². The first-order valence-electron chi connectivity index (χ1n) is 9.05. The minimum absolute atomic E-state index is 0.218. The van der Waals surface area contributed by atoms with Gasteiger partial charge in [0.1, 0.15) is 24.7 Å². The highest BCUT2D eigenvalue weighted by atomic mass is 16.7. The summed E-state index contributed by atoms with van der Waals surface area (Å²) >= 11 is 0. The Balaban J connectivity index is 2.09. The molecule has 1 saturated heterocycles. The summed E-state index contributed by atoms with van der Waals surface area (Å²) in [6.07, 6.45) is -1.11. The Kier molecular flexibility index (Phi) is 5.98. The fraction of sp³-hybridized carbons (Fsp3) is 0.474. The molecule has 1 aliphatic rings. The molecular formula is C19H20N4O7. The van der Waals surface area contributed by atoms with Crippen molar-refractivity contribution in [3.05, 3.63) is 29.6 Å². The van der Waals surface area contributed by atoms with Crippen LogP contribution >= 0.6 is 0 Å². The van der Waals surface area contributed by atoms with Crippen LogP contribution in [-0.4, -0.2) is 57.4 Å². The second-order valence-electron chi connectivity index (χ2n) is 6.71. The van der Waals surface area contributed by atoms with Gasteiger partial charge in [-0.05, 0) is 6.92 Å². The molecule has 0 N–H and O–H groups in total. The smallest absolute Gasteiger partial charge is 0.303 e. The third-order valence-electron chi connectivity index (χ3n) is 4.51. The van der Waals surface area contributed by atoms with Gasteiger partial charge in [-0.15, -0.1) is 0 Å². The fourth-order valence-electron chi connectivity index (χ4n) is 3.41. The van der Waals surface area contributed by atoms with Crippen LogP contribution in [0.1, 0.15) is 32.7 Å². The molecule has 1 aliphatic heterocycles. The number of carbonyl (C=O) groups excluding carboxylic acids is 3. The SMILES string of the molecule is [C-]#[N+]c1cn([C@@H]2OC(COC(C)=O)C(OC(C)=O)[C@H]2OC(C)=O)c2ncnc(C)c12. The summed E-state index contributed by atoms with van der Waals surface area (Å²) < 4.78 is 23.3. The van der Waals surface area contributed by atoms with Crippen LogP contribution in [0.3, 0.4) is 0 Å². The van der Waals surface area contributed by atoms with Crippen LogP contribution in [0.2, 0.25) is 0 Å². The molecule has 0 saturated carbocycles. The number of carbonyl (C=O) groups is 3. The van der Waals surface area contributed by atoms with Crippen LogP contribution in [0.5, 0.6) is 0 Å². The standard InChI is InChI=1S/C19H20N4O7/c1-9-15-13(20-5)6-23(18(15)22-8-21-9)19-17(29-12(4)26)16(28-11(3)25)14(30-19)7-27-10(2)24/h6,8,14,16-17,19H,7H2,1-4H3/t14?,16?,17-,19-/m1/s1. The normalized spacial score (nSPS) is 23.0. The minimum Gasteiger partial charge on any atom is -0.463 e. The van der Waals surface area contributed by atoms with E-state index in [1.165, 1.54) is 37.9 Å². The van der Waals surface area contributed by atoms with Gasteiger partial charge in [-0.3, -0.25) is 14.4 Å². The Bertz CT molecular complexity index is 1040. The summed E-state index contributed by atoms with van der Waals surface area (Å²) in [5, 5.41) is 0.533. The van der Waals surface area contributed by atoms with Crippen molar-refractivity contribution < 1.29 is 33.3 Å². The number of hydrogen-bond donors (Lipinski definition) is 0. The Morgan fingerprint density at radius 1 is 1.13 bits per heavy atom. The first-order valence-corrected chi connectivity index (χ1v) is 9.05. The topological polar surface area (TPSA) is 123 Å². The van der Waals surface area contributed by atoms with Gasteiger partial charge in [0.15, 0.2) is 18.4 Å². The number of aryl methyl sites for hydroxylation is 1. The monoisotopic (exact) mass is 416 g/mol. The zero-order valence-corrected chi connectivity index (χ0v) is 16.8. The van der Waals surface area contributed by atoms with Gasteiger partial charge in [-0.25, -0.2) is 14.8 Å². The summed E-state index contributed by atoms with van der Waals surface area (Å²) in [7, 11) is 0. The fourth-order valence-corrected chi connectivity index (χ4v) is 3.41. The predicted octanol–water partition coefficient (Wildman–Crippen LogP) is 1.61. The molecule has 0 bridgehead atoms. The van der Waals surface area contributed by atoms with E-state index in [4.69, 9.17) is 25.5 Å². The molecule has 2 aromatic heterocycles. The van der Waals surface area contributed by atoms with E-state index in [1.807, 2.05) is 0 Å². The molecular weight excluding hydrogens is 396 g/mol. The summed E-state index contributed by atoms with van der Waals surface area (Å²) in [4.78, 5) is 46.6. The Hall–Kier alpha value is -3.52. The number of ether oxygens (including phenoxy) is 4. The maximum Gasteiger partial charge on any atom is 0.303 e. The zero-order chi connectivity index (χ0) is 22.0. The molecule has 0 spiro atoms. The molecule has 1 fully saturated rings. The van der Waals surface area contributed by atoms with Crippen molar-refractivity contribution in [1.29, 1.82) is 0 Å². The van der Waals surface area contributed by atoms with E-state index < -0.39 is 42.4 Å². The first kappa shape index (κ1) is 21.2. The van der Waals surface area contributed by atoms with Crippen molar-refractivity contribution in [2.45, 2.75) is 52.2 Å². The molecule has 2 aromatic rings. The maximum absolute atomic E-state index is 11.8. The molecule has 4 atom stereocenters. The van der Waals surface area contributed by atoms with Gasteiger partial charge in [0, 0.05) is 38.0 Å². The average molecular weight is 416 g/mol. The molecule has 0 radical (unpaired) electrons. The van der Waals surface area contributed by atoms with E-state index >= 15 is 0 Å². The molecule has 0 amide bonds. The van der Waals surface area contributed by atoms with Crippen molar-refractivity contribution in [3.63, 3.8) is 0 Å². The van der Waals surface area contributed by atoms with Crippen LogP contribution in [0.15, 0.2) is 12.5 Å². The van der Waals surface area contributed by atoms with Crippen molar-refractivity contribution in [2.75, 3.05) is 6.61 Å². The van der Waals surface area contributed by atoms with Crippen LogP contribution in [-0.2, 0) is 33.3 Å². The second kappa shape index (κ2) is 8.46. The molecule has 158 valence electrons. The number of aromatic nitrogens is 3. The first-order chi connectivity index (χ1) is 14.2. The lowest BCUT2D eigenvalue weighted by atomic mass is 10.1. The van der Waals surface area contributed by atoms with Gasteiger partial charge in [-0.2, -0.15) is 0 Å². The maximum atomic E-state index is 11.8. The third-order valence-corrected chi connectivity index (χ3v) is 4.51. The van der Waals surface area contributed by atoms with E-state index in [0.29, 0.717) is 22.4 Å². The van der Waals surface area contributed by atoms with Gasteiger partial charge in [0.25, 0.3) is 0 Å². The minimum atomic E-state index is -1.06. The Morgan fingerprint density at radius 2 is 1.80 bits per heavy atom. The lowest BCUT2D eigenvalue weighted by Crippen LogP contribution is -2.40. The van der Waals surface area contributed by atoms with Gasteiger partial charge in [0.05, 0.1) is 6.57 Å². The van der Waals surface area contributed by atoms with Crippen LogP contribution < -0.4 is 0 Å². The summed E-state index contributed by atoms with van der Waals surface area (Å²) in [6.45, 7) is 12.6. The van der Waals surface area contributed by atoms with Crippen molar-refractivity contribution in [2.24, 2.45) is 0 Å². The highest BCUT2D eigenvalue weighted by molar-refractivity contribution is 5.93. The molecule has 2 unspecified atom stereocenters. The van der Waals surface area contributed by atoms with E-state index in [2.05, 4.69) is 14.8 Å². The molecule has 3 rings (SSSR count). The third kappa shape index (κ3) is 4.08.